The number of carbonyl (C=O) groups is 3. The van der Waals surface area contributed by atoms with Gasteiger partial charge in [-0.2, -0.15) is 0 Å². The van der Waals surface area contributed by atoms with E-state index in [2.05, 4.69) is 5.32 Å². The Bertz CT molecular complexity index is 760. The number of ether oxygens (including phenoxy) is 1. The molecule has 2 heterocycles. The van der Waals surface area contributed by atoms with E-state index in [1.807, 2.05) is 4.90 Å². The van der Waals surface area contributed by atoms with Gasteiger partial charge in [0.2, 0.25) is 11.8 Å². The van der Waals surface area contributed by atoms with Crippen LogP contribution in [0.4, 0.5) is 5.69 Å². The zero-order valence-electron chi connectivity index (χ0n) is 15.4. The summed E-state index contributed by atoms with van der Waals surface area (Å²) in [6, 6.07) is 5.16. The number of amides is 3. The van der Waals surface area contributed by atoms with Gasteiger partial charge in [-0.25, -0.2) is 0 Å². The van der Waals surface area contributed by atoms with Gasteiger partial charge in [-0.15, -0.1) is 0 Å². The lowest BCUT2D eigenvalue weighted by Crippen LogP contribution is -2.41. The van der Waals surface area contributed by atoms with E-state index < -0.39 is 0 Å². The lowest BCUT2D eigenvalue weighted by molar-refractivity contribution is -0.138. The standard InChI is InChI=1S/C20H25N3O4/c24-18-7-12-27-17-6-5-15(13-16(17)21-18)20(26)23-9-2-8-22(10-11-23)19(25)14-3-1-4-14/h5-6,13-14H,1-4,7-12H2,(H,21,24). The Morgan fingerprint density at radius 2 is 1.81 bits per heavy atom. The Morgan fingerprint density at radius 3 is 2.59 bits per heavy atom. The summed E-state index contributed by atoms with van der Waals surface area (Å²) in [7, 11) is 0. The molecule has 3 amide bonds. The number of nitrogens with one attached hydrogen (secondary N) is 1. The van der Waals surface area contributed by atoms with Crippen LogP contribution in [0, 0.1) is 5.92 Å². The average Bonchev–Trinajstić information content (AvgIpc) is 2.96. The van der Waals surface area contributed by atoms with Crippen LogP contribution in [0.25, 0.3) is 0 Å². The minimum Gasteiger partial charge on any atom is -0.491 e. The molecule has 27 heavy (non-hydrogen) atoms. The number of anilines is 1. The SMILES string of the molecule is O=C1CCOc2ccc(C(=O)N3CCCN(C(=O)C4CCC4)CC3)cc2N1. The summed E-state index contributed by atoms with van der Waals surface area (Å²) in [4.78, 5) is 40.9. The van der Waals surface area contributed by atoms with Gasteiger partial charge < -0.3 is 19.9 Å². The van der Waals surface area contributed by atoms with E-state index in [1.54, 1.807) is 23.1 Å². The van der Waals surface area contributed by atoms with Crippen molar-refractivity contribution in [3.05, 3.63) is 23.8 Å². The third-order valence-corrected chi connectivity index (χ3v) is 5.64. The van der Waals surface area contributed by atoms with Crippen molar-refractivity contribution in [1.29, 1.82) is 0 Å². The predicted molar refractivity (Wildman–Crippen MR) is 99.6 cm³/mol. The summed E-state index contributed by atoms with van der Waals surface area (Å²) in [5, 5.41) is 2.79. The Hall–Kier alpha value is -2.57. The molecule has 1 saturated heterocycles. The highest BCUT2D eigenvalue weighted by Crippen LogP contribution is 2.30. The summed E-state index contributed by atoms with van der Waals surface area (Å²) < 4.78 is 5.55. The highest BCUT2D eigenvalue weighted by molar-refractivity contribution is 5.98. The fraction of sp³-hybridized carbons (Fsp3) is 0.550. The molecule has 0 bridgehead atoms. The monoisotopic (exact) mass is 371 g/mol. The van der Waals surface area contributed by atoms with E-state index in [0.717, 1.165) is 25.7 Å². The Balaban J connectivity index is 1.43. The molecule has 7 heteroatoms. The van der Waals surface area contributed by atoms with Gasteiger partial charge in [0.15, 0.2) is 0 Å². The molecule has 2 fully saturated rings. The van der Waals surface area contributed by atoms with Crippen LogP contribution in [0.2, 0.25) is 0 Å². The lowest BCUT2D eigenvalue weighted by Gasteiger charge is -2.31. The molecule has 1 aromatic rings. The van der Waals surface area contributed by atoms with Gasteiger partial charge in [0, 0.05) is 37.7 Å². The van der Waals surface area contributed by atoms with Crippen LogP contribution >= 0.6 is 0 Å². The third kappa shape index (κ3) is 3.77. The zero-order chi connectivity index (χ0) is 18.8. The first-order valence-corrected chi connectivity index (χ1v) is 9.76. The molecular formula is C20H25N3O4. The molecule has 1 N–H and O–H groups in total. The van der Waals surface area contributed by atoms with Crippen LogP contribution in [0.3, 0.4) is 0 Å². The Labute approximate surface area is 158 Å². The maximum atomic E-state index is 13.0. The first-order valence-electron chi connectivity index (χ1n) is 9.76. The molecule has 4 rings (SSSR count). The van der Waals surface area contributed by atoms with Crippen molar-refractivity contribution in [1.82, 2.24) is 9.80 Å². The highest BCUT2D eigenvalue weighted by atomic mass is 16.5. The number of nitrogens with zero attached hydrogens (tertiary/aromatic N) is 2. The van der Waals surface area contributed by atoms with Crippen molar-refractivity contribution in [2.45, 2.75) is 32.1 Å². The largest absolute Gasteiger partial charge is 0.491 e. The average molecular weight is 371 g/mol. The molecule has 0 unspecified atom stereocenters. The van der Waals surface area contributed by atoms with Crippen LogP contribution in [-0.4, -0.2) is 60.3 Å². The maximum Gasteiger partial charge on any atom is 0.253 e. The second-order valence-electron chi connectivity index (χ2n) is 7.46. The number of hydrogen-bond donors (Lipinski definition) is 1. The quantitative estimate of drug-likeness (QED) is 0.861. The maximum absolute atomic E-state index is 13.0. The van der Waals surface area contributed by atoms with Crippen molar-refractivity contribution in [2.24, 2.45) is 5.92 Å². The third-order valence-electron chi connectivity index (χ3n) is 5.64. The number of carbonyl (C=O) groups excluding carboxylic acids is 3. The number of fused-ring (bicyclic) bond motifs is 1. The van der Waals surface area contributed by atoms with E-state index in [-0.39, 0.29) is 23.6 Å². The number of hydrogen-bond acceptors (Lipinski definition) is 4. The molecule has 7 nitrogen and oxygen atoms in total. The minimum absolute atomic E-state index is 0.0748. The molecule has 0 spiro atoms. The molecule has 1 aromatic carbocycles. The van der Waals surface area contributed by atoms with Gasteiger partial charge >= 0.3 is 0 Å². The molecule has 1 aliphatic carbocycles. The van der Waals surface area contributed by atoms with Gasteiger partial charge in [0.25, 0.3) is 5.91 Å². The van der Waals surface area contributed by atoms with Crippen LogP contribution in [0.5, 0.6) is 5.75 Å². The van der Waals surface area contributed by atoms with E-state index in [9.17, 15) is 14.4 Å². The van der Waals surface area contributed by atoms with Gasteiger partial charge in [-0.1, -0.05) is 6.42 Å². The Kier molecular flexibility index (Phi) is 5.01. The molecule has 2 aliphatic heterocycles. The van der Waals surface area contributed by atoms with Crippen LogP contribution in [-0.2, 0) is 9.59 Å². The van der Waals surface area contributed by atoms with Crippen molar-refractivity contribution in [3.8, 4) is 5.75 Å². The normalized spacial score (nSPS) is 20.5. The Morgan fingerprint density at radius 1 is 1.04 bits per heavy atom. The molecular weight excluding hydrogens is 346 g/mol. The number of rotatable bonds is 2. The number of benzene rings is 1. The molecule has 144 valence electrons. The second-order valence-corrected chi connectivity index (χ2v) is 7.46. The first kappa shape index (κ1) is 17.8. The van der Waals surface area contributed by atoms with Crippen LogP contribution in [0.1, 0.15) is 42.5 Å². The van der Waals surface area contributed by atoms with Gasteiger partial charge in [0.05, 0.1) is 18.7 Å². The molecule has 0 atom stereocenters. The van der Waals surface area contributed by atoms with E-state index >= 15 is 0 Å². The lowest BCUT2D eigenvalue weighted by atomic mass is 9.84. The highest BCUT2D eigenvalue weighted by Gasteiger charge is 2.31. The minimum atomic E-state index is -0.113. The van der Waals surface area contributed by atoms with E-state index in [1.165, 1.54) is 0 Å². The van der Waals surface area contributed by atoms with Crippen molar-refractivity contribution < 1.29 is 19.1 Å². The predicted octanol–water partition coefficient (Wildman–Crippen LogP) is 1.88. The fourth-order valence-electron chi connectivity index (χ4n) is 3.79. The van der Waals surface area contributed by atoms with E-state index in [0.29, 0.717) is 56.2 Å². The van der Waals surface area contributed by atoms with Crippen LogP contribution in [0.15, 0.2) is 18.2 Å². The van der Waals surface area contributed by atoms with Gasteiger partial charge in [-0.05, 0) is 37.5 Å². The zero-order valence-corrected chi connectivity index (χ0v) is 15.4. The fourth-order valence-corrected chi connectivity index (χ4v) is 3.79. The van der Waals surface area contributed by atoms with Crippen molar-refractivity contribution in [2.75, 3.05) is 38.1 Å². The summed E-state index contributed by atoms with van der Waals surface area (Å²) in [5.74, 6) is 0.846. The second kappa shape index (κ2) is 7.58. The molecule has 3 aliphatic rings. The van der Waals surface area contributed by atoms with Crippen molar-refractivity contribution in [3.63, 3.8) is 0 Å². The first-order chi connectivity index (χ1) is 13.1. The molecule has 1 saturated carbocycles. The van der Waals surface area contributed by atoms with Crippen molar-refractivity contribution >= 4 is 23.4 Å². The van der Waals surface area contributed by atoms with Crippen LogP contribution < -0.4 is 10.1 Å². The molecule has 0 aromatic heterocycles. The summed E-state index contributed by atoms with van der Waals surface area (Å²) in [6.45, 7) is 2.81. The van der Waals surface area contributed by atoms with Gasteiger partial charge in [0.1, 0.15) is 5.75 Å². The van der Waals surface area contributed by atoms with Gasteiger partial charge in [-0.3, -0.25) is 14.4 Å². The summed E-state index contributed by atoms with van der Waals surface area (Å²) in [6.07, 6.45) is 4.24. The summed E-state index contributed by atoms with van der Waals surface area (Å²) in [5.41, 5.74) is 1.07. The summed E-state index contributed by atoms with van der Waals surface area (Å²) >= 11 is 0. The topological polar surface area (TPSA) is 79.0 Å². The smallest absolute Gasteiger partial charge is 0.253 e. The van der Waals surface area contributed by atoms with E-state index in [4.69, 9.17) is 4.74 Å². The molecule has 0 radical (unpaired) electrons.